The molecule has 9 heteroatoms. The molecular formula is C15H12ClFN6O. The maximum atomic E-state index is 13.7. The largest absolute Gasteiger partial charge is 0.436 e. The van der Waals surface area contributed by atoms with Gasteiger partial charge in [-0.05, 0) is 35.5 Å². The molecule has 3 aromatic rings. The van der Waals surface area contributed by atoms with E-state index in [0.717, 1.165) is 24.7 Å². The van der Waals surface area contributed by atoms with E-state index in [2.05, 4.69) is 25.7 Å². The van der Waals surface area contributed by atoms with Crippen molar-refractivity contribution in [2.75, 3.05) is 13.1 Å². The molecule has 1 aliphatic rings. The summed E-state index contributed by atoms with van der Waals surface area (Å²) in [6.07, 6.45) is 1.33. The van der Waals surface area contributed by atoms with E-state index in [0.29, 0.717) is 11.6 Å². The Morgan fingerprint density at radius 3 is 2.71 bits per heavy atom. The molecule has 122 valence electrons. The molecule has 0 saturated carbocycles. The summed E-state index contributed by atoms with van der Waals surface area (Å²) in [6, 6.07) is 8.35. The van der Waals surface area contributed by atoms with E-state index in [1.807, 2.05) is 0 Å². The molecule has 0 amide bonds. The summed E-state index contributed by atoms with van der Waals surface area (Å²) in [7, 11) is 0. The molecule has 24 heavy (non-hydrogen) atoms. The number of benzene rings is 1. The van der Waals surface area contributed by atoms with Gasteiger partial charge in [0.1, 0.15) is 5.75 Å². The van der Waals surface area contributed by atoms with Crippen molar-refractivity contribution in [2.45, 2.75) is 6.04 Å². The van der Waals surface area contributed by atoms with Crippen molar-refractivity contribution < 1.29 is 9.13 Å². The van der Waals surface area contributed by atoms with E-state index < -0.39 is 5.82 Å². The van der Waals surface area contributed by atoms with Crippen LogP contribution in [-0.4, -0.2) is 38.3 Å². The van der Waals surface area contributed by atoms with Crippen LogP contribution in [-0.2, 0) is 0 Å². The molecule has 1 saturated heterocycles. The van der Waals surface area contributed by atoms with Gasteiger partial charge in [0.05, 0.1) is 11.1 Å². The molecule has 1 aromatic carbocycles. The van der Waals surface area contributed by atoms with Crippen LogP contribution in [0.15, 0.2) is 36.5 Å². The van der Waals surface area contributed by atoms with E-state index >= 15 is 0 Å². The maximum absolute atomic E-state index is 13.7. The van der Waals surface area contributed by atoms with E-state index in [4.69, 9.17) is 16.3 Å². The number of aromatic nitrogens is 5. The zero-order valence-electron chi connectivity index (χ0n) is 12.4. The lowest BCUT2D eigenvalue weighted by Crippen LogP contribution is -2.44. The number of hydrogen-bond acceptors (Lipinski definition) is 6. The highest BCUT2D eigenvalue weighted by molar-refractivity contribution is 6.30. The first kappa shape index (κ1) is 15.0. The lowest BCUT2D eigenvalue weighted by molar-refractivity contribution is 0.285. The first-order valence-electron chi connectivity index (χ1n) is 7.28. The van der Waals surface area contributed by atoms with Crippen molar-refractivity contribution in [3.63, 3.8) is 0 Å². The number of rotatable bonds is 4. The van der Waals surface area contributed by atoms with E-state index in [1.54, 1.807) is 29.1 Å². The molecule has 0 bridgehead atoms. The molecule has 1 fully saturated rings. The average Bonchev–Trinajstić information content (AvgIpc) is 2.98. The molecule has 0 spiro atoms. The predicted octanol–water partition coefficient (Wildman–Crippen LogP) is 2.46. The van der Waals surface area contributed by atoms with Gasteiger partial charge in [-0.2, -0.15) is 4.80 Å². The van der Waals surface area contributed by atoms with Crippen LogP contribution in [0.3, 0.4) is 0 Å². The Bertz CT molecular complexity index is 865. The minimum atomic E-state index is -0.620. The predicted molar refractivity (Wildman–Crippen MR) is 84.4 cm³/mol. The summed E-state index contributed by atoms with van der Waals surface area (Å²) in [5.41, 5.74) is 0.797. The number of ether oxygens (including phenoxy) is 1. The Morgan fingerprint density at radius 1 is 1.25 bits per heavy atom. The molecule has 1 N–H and O–H groups in total. The third-order valence-electron chi connectivity index (χ3n) is 3.62. The zero-order chi connectivity index (χ0) is 16.5. The van der Waals surface area contributed by atoms with Gasteiger partial charge in [0.15, 0.2) is 5.82 Å². The molecule has 0 unspecified atom stereocenters. The molecule has 2 aromatic heterocycles. The van der Waals surface area contributed by atoms with Gasteiger partial charge in [-0.1, -0.05) is 11.6 Å². The fourth-order valence-electron chi connectivity index (χ4n) is 2.19. The second kappa shape index (κ2) is 6.14. The minimum absolute atomic E-state index is 0.131. The Balaban J connectivity index is 1.50. The fraction of sp³-hybridized carbons (Fsp3) is 0.200. The maximum Gasteiger partial charge on any atom is 0.255 e. The van der Waals surface area contributed by atoms with Crippen molar-refractivity contribution in [2.24, 2.45) is 0 Å². The Kier molecular flexibility index (Phi) is 3.83. The Morgan fingerprint density at radius 2 is 2.04 bits per heavy atom. The van der Waals surface area contributed by atoms with Crippen LogP contribution in [0.5, 0.6) is 11.6 Å². The smallest absolute Gasteiger partial charge is 0.255 e. The van der Waals surface area contributed by atoms with Gasteiger partial charge in [-0.3, -0.25) is 0 Å². The second-order valence-electron chi connectivity index (χ2n) is 5.31. The van der Waals surface area contributed by atoms with Crippen LogP contribution < -0.4 is 10.1 Å². The molecule has 1 aliphatic heterocycles. The average molecular weight is 347 g/mol. The van der Waals surface area contributed by atoms with E-state index in [9.17, 15) is 4.39 Å². The van der Waals surface area contributed by atoms with Gasteiger partial charge in [-0.25, -0.2) is 9.37 Å². The molecule has 0 aliphatic carbocycles. The van der Waals surface area contributed by atoms with Gasteiger partial charge in [0, 0.05) is 24.8 Å². The molecule has 7 nitrogen and oxygen atoms in total. The lowest BCUT2D eigenvalue weighted by Gasteiger charge is -2.24. The molecule has 4 rings (SSSR count). The number of pyridine rings is 1. The Labute approximate surface area is 141 Å². The molecule has 0 radical (unpaired) electrons. The topological polar surface area (TPSA) is 77.8 Å². The van der Waals surface area contributed by atoms with Crippen LogP contribution >= 0.6 is 11.6 Å². The summed E-state index contributed by atoms with van der Waals surface area (Å²) >= 11 is 5.66. The van der Waals surface area contributed by atoms with E-state index in [-0.39, 0.29) is 16.9 Å². The van der Waals surface area contributed by atoms with E-state index in [1.165, 1.54) is 6.20 Å². The normalized spacial score (nSPS) is 14.4. The SMILES string of the molecule is Fc1cc(Cl)cnc1Oc1ccc(-c2nnn(C3CNC3)n2)cc1. The van der Waals surface area contributed by atoms with Crippen molar-refractivity contribution in [1.82, 2.24) is 30.5 Å². The van der Waals surface area contributed by atoms with Crippen LogP contribution in [0.1, 0.15) is 6.04 Å². The number of hydrogen-bond donors (Lipinski definition) is 1. The van der Waals surface area contributed by atoms with Crippen LogP contribution in [0.4, 0.5) is 4.39 Å². The standard InChI is InChI=1S/C15H12ClFN6O/c16-10-5-13(17)15(19-6-10)24-12-3-1-9(2-4-12)14-20-22-23(21-14)11-7-18-8-11/h1-6,11,18H,7-8H2. The first-order valence-corrected chi connectivity index (χ1v) is 7.66. The van der Waals surface area contributed by atoms with Gasteiger partial charge < -0.3 is 10.1 Å². The van der Waals surface area contributed by atoms with Crippen molar-refractivity contribution in [1.29, 1.82) is 0 Å². The first-order chi connectivity index (χ1) is 11.7. The molecular weight excluding hydrogens is 335 g/mol. The second-order valence-corrected chi connectivity index (χ2v) is 5.75. The van der Waals surface area contributed by atoms with Crippen molar-refractivity contribution in [3.8, 4) is 23.0 Å². The summed E-state index contributed by atoms with van der Waals surface area (Å²) < 4.78 is 19.1. The molecule has 3 heterocycles. The fourth-order valence-corrected chi connectivity index (χ4v) is 2.34. The zero-order valence-corrected chi connectivity index (χ0v) is 13.1. The summed E-state index contributed by atoms with van der Waals surface area (Å²) in [5.74, 6) is 0.228. The summed E-state index contributed by atoms with van der Waals surface area (Å²) in [6.45, 7) is 1.70. The van der Waals surface area contributed by atoms with Crippen LogP contribution in [0.2, 0.25) is 5.02 Å². The third-order valence-corrected chi connectivity index (χ3v) is 3.82. The Hall–Kier alpha value is -2.58. The van der Waals surface area contributed by atoms with Crippen LogP contribution in [0, 0.1) is 5.82 Å². The quantitative estimate of drug-likeness (QED) is 0.782. The van der Waals surface area contributed by atoms with Gasteiger partial charge >= 0.3 is 0 Å². The number of nitrogens with one attached hydrogen (secondary N) is 1. The van der Waals surface area contributed by atoms with Gasteiger partial charge in [0.2, 0.25) is 5.82 Å². The van der Waals surface area contributed by atoms with Crippen LogP contribution in [0.25, 0.3) is 11.4 Å². The molecule has 0 atom stereocenters. The monoisotopic (exact) mass is 346 g/mol. The lowest BCUT2D eigenvalue weighted by atomic mass is 10.2. The highest BCUT2D eigenvalue weighted by atomic mass is 35.5. The van der Waals surface area contributed by atoms with Crippen molar-refractivity contribution >= 4 is 11.6 Å². The van der Waals surface area contributed by atoms with Crippen molar-refractivity contribution in [3.05, 3.63) is 47.4 Å². The highest BCUT2D eigenvalue weighted by Crippen LogP contribution is 2.26. The van der Waals surface area contributed by atoms with Gasteiger partial charge in [-0.15, -0.1) is 10.2 Å². The number of tetrazole rings is 1. The van der Waals surface area contributed by atoms with Gasteiger partial charge in [0.25, 0.3) is 5.88 Å². The number of halogens is 2. The summed E-state index contributed by atoms with van der Waals surface area (Å²) in [5, 5.41) is 15.8. The number of nitrogens with zero attached hydrogens (tertiary/aromatic N) is 5. The highest BCUT2D eigenvalue weighted by Gasteiger charge is 2.21. The third kappa shape index (κ3) is 2.93. The summed E-state index contributed by atoms with van der Waals surface area (Å²) in [4.78, 5) is 5.43. The minimum Gasteiger partial charge on any atom is -0.436 e.